The minimum Gasteiger partial charge on any atom is -0.481 e. The van der Waals surface area contributed by atoms with Gasteiger partial charge in [-0.25, -0.2) is 0 Å². The molecule has 0 amide bonds. The third-order valence-electron chi connectivity index (χ3n) is 11.7. The maximum atomic E-state index is 14.1. The maximum absolute atomic E-state index is 14.1. The predicted molar refractivity (Wildman–Crippen MR) is 140 cm³/mol. The van der Waals surface area contributed by atoms with Gasteiger partial charge < -0.3 is 25.5 Å². The number of aliphatic hydroxyl groups is 4. The monoisotopic (exact) mass is 534 g/mol. The maximum Gasteiger partial charge on any atom is 0.306 e. The molecule has 4 rings (SSSR count). The Balaban J connectivity index is 1.78. The number of carboxylic acids is 1. The van der Waals surface area contributed by atoms with E-state index in [9.17, 15) is 39.9 Å². The Kier molecular flexibility index (Phi) is 6.92. The topological polar surface area (TPSA) is 152 Å². The van der Waals surface area contributed by atoms with Crippen LogP contribution in [0.3, 0.4) is 0 Å². The van der Waals surface area contributed by atoms with Crippen molar-refractivity contribution < 1.29 is 39.9 Å². The zero-order valence-corrected chi connectivity index (χ0v) is 23.9. The Hall–Kier alpha value is -1.61. The van der Waals surface area contributed by atoms with Gasteiger partial charge in [0, 0.05) is 30.8 Å². The Morgan fingerprint density at radius 3 is 2.32 bits per heavy atom. The van der Waals surface area contributed by atoms with Crippen LogP contribution in [0.5, 0.6) is 0 Å². The fourth-order valence-electron chi connectivity index (χ4n) is 9.35. The van der Waals surface area contributed by atoms with Crippen LogP contribution in [-0.2, 0) is 14.4 Å². The second kappa shape index (κ2) is 8.95. The lowest BCUT2D eigenvalue weighted by Crippen LogP contribution is -2.61. The predicted octanol–water partition coefficient (Wildman–Crippen LogP) is 3.04. The van der Waals surface area contributed by atoms with Gasteiger partial charge >= 0.3 is 5.97 Å². The van der Waals surface area contributed by atoms with Crippen LogP contribution in [0.4, 0.5) is 0 Å². The van der Waals surface area contributed by atoms with Crippen molar-refractivity contribution in [3.8, 4) is 0 Å². The van der Waals surface area contributed by atoms with Gasteiger partial charge in [0.15, 0.2) is 5.78 Å². The molecule has 0 radical (unpaired) electrons. The molecule has 2 fully saturated rings. The van der Waals surface area contributed by atoms with Crippen molar-refractivity contribution >= 4 is 17.5 Å². The molecule has 0 aromatic carbocycles. The van der Waals surface area contributed by atoms with Gasteiger partial charge in [0.1, 0.15) is 5.78 Å². The molecule has 0 heterocycles. The highest BCUT2D eigenvalue weighted by molar-refractivity contribution is 6.05. The number of hydrogen-bond acceptors (Lipinski definition) is 7. The molecule has 4 aliphatic carbocycles. The first-order valence-corrected chi connectivity index (χ1v) is 14.1. The van der Waals surface area contributed by atoms with Crippen LogP contribution in [0.15, 0.2) is 11.1 Å². The Morgan fingerprint density at radius 2 is 1.74 bits per heavy atom. The van der Waals surface area contributed by atoms with Crippen LogP contribution < -0.4 is 0 Å². The zero-order chi connectivity index (χ0) is 28.8. The lowest BCUT2D eigenvalue weighted by atomic mass is 9.42. The molecule has 0 spiro atoms. The van der Waals surface area contributed by atoms with Gasteiger partial charge in [0.25, 0.3) is 0 Å². The molecule has 8 nitrogen and oxygen atoms in total. The number of allylic oxidation sites excluding steroid dienone is 1. The van der Waals surface area contributed by atoms with Crippen LogP contribution in [0, 0.1) is 39.4 Å². The number of carboxylic acid groups (broad SMARTS) is 1. The number of ketones is 2. The molecule has 10 atom stereocenters. The van der Waals surface area contributed by atoms with E-state index in [2.05, 4.69) is 0 Å². The van der Waals surface area contributed by atoms with Gasteiger partial charge in [-0.2, -0.15) is 0 Å². The summed E-state index contributed by atoms with van der Waals surface area (Å²) in [4.78, 5) is 39.3. The van der Waals surface area contributed by atoms with Crippen molar-refractivity contribution in [3.63, 3.8) is 0 Å². The summed E-state index contributed by atoms with van der Waals surface area (Å²) < 4.78 is 0. The average molecular weight is 535 g/mol. The van der Waals surface area contributed by atoms with Crippen molar-refractivity contribution in [2.24, 2.45) is 39.4 Å². The summed E-state index contributed by atoms with van der Waals surface area (Å²) in [7, 11) is 0. The number of fused-ring (bicyclic) bond motifs is 4. The third-order valence-corrected chi connectivity index (χ3v) is 11.7. The molecular formula is C30H46O8. The van der Waals surface area contributed by atoms with Crippen molar-refractivity contribution in [1.82, 2.24) is 0 Å². The second-order valence-electron chi connectivity index (χ2n) is 14.4. The van der Waals surface area contributed by atoms with Gasteiger partial charge in [0.05, 0.1) is 35.2 Å². The summed E-state index contributed by atoms with van der Waals surface area (Å²) >= 11 is 0. The summed E-state index contributed by atoms with van der Waals surface area (Å²) in [6.45, 7) is 12.7. The van der Waals surface area contributed by atoms with Crippen LogP contribution in [0.1, 0.15) is 93.4 Å². The molecule has 0 aliphatic heterocycles. The molecule has 3 unspecified atom stereocenters. The summed E-state index contributed by atoms with van der Waals surface area (Å²) in [5, 5.41) is 54.0. The van der Waals surface area contributed by atoms with Gasteiger partial charge in [-0.15, -0.1) is 0 Å². The van der Waals surface area contributed by atoms with Gasteiger partial charge in [-0.1, -0.05) is 34.6 Å². The molecule has 214 valence electrons. The lowest BCUT2D eigenvalue weighted by molar-refractivity contribution is -0.148. The first kappa shape index (κ1) is 29.4. The van der Waals surface area contributed by atoms with Crippen LogP contribution in [0.2, 0.25) is 0 Å². The molecule has 0 aromatic rings. The second-order valence-corrected chi connectivity index (χ2v) is 14.4. The number of carbonyl (C=O) groups excluding carboxylic acids is 2. The van der Waals surface area contributed by atoms with E-state index < -0.39 is 63.4 Å². The highest BCUT2D eigenvalue weighted by Crippen LogP contribution is 2.71. The quantitative estimate of drug-likeness (QED) is 0.349. The van der Waals surface area contributed by atoms with Crippen molar-refractivity contribution in [2.75, 3.05) is 0 Å². The smallest absolute Gasteiger partial charge is 0.306 e. The summed E-state index contributed by atoms with van der Waals surface area (Å²) in [6, 6.07) is 0. The van der Waals surface area contributed by atoms with E-state index >= 15 is 0 Å². The van der Waals surface area contributed by atoms with E-state index in [0.717, 1.165) is 0 Å². The molecule has 5 N–H and O–H groups in total. The fraction of sp³-hybridized carbons (Fsp3) is 0.833. The molecule has 4 aliphatic rings. The number of aliphatic hydroxyl groups excluding tert-OH is 3. The van der Waals surface area contributed by atoms with E-state index in [0.29, 0.717) is 30.4 Å². The summed E-state index contributed by atoms with van der Waals surface area (Å²) in [6.07, 6.45) is -1.30. The van der Waals surface area contributed by atoms with E-state index in [1.165, 1.54) is 6.92 Å². The molecule has 38 heavy (non-hydrogen) atoms. The van der Waals surface area contributed by atoms with Crippen molar-refractivity contribution in [1.29, 1.82) is 0 Å². The molecule has 8 heteroatoms. The largest absolute Gasteiger partial charge is 0.481 e. The van der Waals surface area contributed by atoms with E-state index in [1.807, 2.05) is 34.6 Å². The minimum absolute atomic E-state index is 0.00232. The summed E-state index contributed by atoms with van der Waals surface area (Å²) in [5.74, 6) is -2.87. The number of hydrogen-bond donors (Lipinski definition) is 5. The first-order chi connectivity index (χ1) is 17.2. The van der Waals surface area contributed by atoms with Crippen molar-refractivity contribution in [2.45, 2.75) is 117 Å². The minimum atomic E-state index is -1.54. The Morgan fingerprint density at radius 1 is 1.13 bits per heavy atom. The molecule has 0 bridgehead atoms. The number of carbonyl (C=O) groups is 3. The zero-order valence-electron chi connectivity index (χ0n) is 23.9. The van der Waals surface area contributed by atoms with Crippen molar-refractivity contribution in [3.05, 3.63) is 11.1 Å². The highest BCUT2D eigenvalue weighted by Gasteiger charge is 2.71. The Labute approximate surface area is 225 Å². The Bertz CT molecular complexity index is 1070. The van der Waals surface area contributed by atoms with Gasteiger partial charge in [-0.3, -0.25) is 14.4 Å². The van der Waals surface area contributed by atoms with E-state index in [-0.39, 0.29) is 43.2 Å². The highest BCUT2D eigenvalue weighted by atomic mass is 16.4. The number of aliphatic carboxylic acids is 1. The molecule has 0 saturated heterocycles. The SMILES string of the molecule is CC(CC(O)CC(C)(O)[C@H]1CC(=O)[C@@]2(C)C3=C(C(=O)C[C@]12C)[C@@]1(C)CC[C@H](O)C(C)(C)[C@@H]1C[C@@H]3O)C(=O)O. The van der Waals surface area contributed by atoms with Crippen LogP contribution >= 0.6 is 0 Å². The number of Topliss-reactive ketones (excluding diaryl/α,β-unsaturated/α-hetero) is 2. The number of rotatable bonds is 6. The molecule has 0 aromatic heterocycles. The van der Waals surface area contributed by atoms with Crippen LogP contribution in [0.25, 0.3) is 0 Å². The normalized spacial score (nSPS) is 43.6. The van der Waals surface area contributed by atoms with Crippen LogP contribution in [-0.4, -0.2) is 67.0 Å². The van der Waals surface area contributed by atoms with E-state index in [4.69, 9.17) is 0 Å². The molecule has 2 saturated carbocycles. The van der Waals surface area contributed by atoms with E-state index in [1.54, 1.807) is 6.92 Å². The lowest BCUT2D eigenvalue weighted by Gasteiger charge is -2.62. The summed E-state index contributed by atoms with van der Waals surface area (Å²) in [5.41, 5.74) is -3.75. The fourth-order valence-corrected chi connectivity index (χ4v) is 9.35. The molecular weight excluding hydrogens is 488 g/mol. The van der Waals surface area contributed by atoms with Gasteiger partial charge in [-0.05, 0) is 67.3 Å². The average Bonchev–Trinajstić information content (AvgIpc) is 2.99. The third kappa shape index (κ3) is 3.88. The first-order valence-electron chi connectivity index (χ1n) is 14.1. The standard InChI is InChI=1S/C30H46O8/c1-15(25(36)37)10-16(31)13-29(6,38)20-12-22(35)30(7)24-17(32)11-19-26(2,3)21(34)8-9-27(19,4)23(24)18(33)14-28(20,30)5/h15-17,19-21,31-32,34,38H,8-14H2,1-7H3,(H,36,37)/t15?,16?,17-,19-,20-,21-,27-,28+,29?,30-/m0/s1. The van der Waals surface area contributed by atoms with Gasteiger partial charge in [0.2, 0.25) is 0 Å².